The van der Waals surface area contributed by atoms with Crippen molar-refractivity contribution in [1.29, 1.82) is 0 Å². The predicted octanol–water partition coefficient (Wildman–Crippen LogP) is 7.68. The molecule has 6 rings (SSSR count). The number of nitrogens with one attached hydrogen (secondary N) is 1. The highest BCUT2D eigenvalue weighted by Gasteiger charge is 2.22. The molecule has 1 N–H and O–H groups in total. The second-order valence-corrected chi connectivity index (χ2v) is 11.3. The number of carbonyl (C=O) groups excluding carboxylic acids is 1. The summed E-state index contributed by atoms with van der Waals surface area (Å²) >= 11 is 3.29. The zero-order valence-corrected chi connectivity index (χ0v) is 22.5. The van der Waals surface area contributed by atoms with Crippen LogP contribution in [0.5, 0.6) is 11.5 Å². The van der Waals surface area contributed by atoms with Gasteiger partial charge in [-0.3, -0.25) is 4.79 Å². The van der Waals surface area contributed by atoms with Crippen molar-refractivity contribution in [2.45, 2.75) is 37.1 Å². The van der Waals surface area contributed by atoms with Gasteiger partial charge in [-0.15, -0.1) is 11.3 Å². The fraction of sp³-hybridized carbons (Fsp3) is 0.194. The summed E-state index contributed by atoms with van der Waals surface area (Å²) in [5, 5.41) is 5.09. The summed E-state index contributed by atoms with van der Waals surface area (Å²) in [6.07, 6.45) is 5.24. The molecule has 0 fully saturated rings. The fourth-order valence-corrected chi connectivity index (χ4v) is 6.94. The van der Waals surface area contributed by atoms with Crippen molar-refractivity contribution < 1.29 is 9.53 Å². The Morgan fingerprint density at radius 2 is 1.63 bits per heavy atom. The molecule has 0 spiro atoms. The van der Waals surface area contributed by atoms with E-state index < -0.39 is 0 Å². The van der Waals surface area contributed by atoms with Gasteiger partial charge >= 0.3 is 0 Å². The van der Waals surface area contributed by atoms with E-state index in [1.807, 2.05) is 72.8 Å². The van der Waals surface area contributed by atoms with E-state index in [4.69, 9.17) is 14.7 Å². The maximum absolute atomic E-state index is 13.1. The molecule has 0 aliphatic heterocycles. The van der Waals surface area contributed by atoms with Crippen molar-refractivity contribution in [1.82, 2.24) is 9.97 Å². The SMILES string of the molecule is O=C(CSc1nc(Cc2ccccc2)nc2sc3c(c12)CCCC3)Nc1ccccc1Oc1ccccc1. The number of fused-ring (bicyclic) bond motifs is 3. The highest BCUT2D eigenvalue weighted by atomic mass is 32.2. The number of nitrogens with zero attached hydrogens (tertiary/aromatic N) is 2. The van der Waals surface area contributed by atoms with Crippen LogP contribution in [-0.4, -0.2) is 21.6 Å². The van der Waals surface area contributed by atoms with E-state index in [0.29, 0.717) is 17.9 Å². The molecule has 190 valence electrons. The van der Waals surface area contributed by atoms with E-state index in [1.54, 1.807) is 11.3 Å². The van der Waals surface area contributed by atoms with Crippen molar-refractivity contribution in [3.63, 3.8) is 0 Å². The Hall–Kier alpha value is -3.68. The van der Waals surface area contributed by atoms with Gasteiger partial charge in [0.15, 0.2) is 5.75 Å². The monoisotopic (exact) mass is 537 g/mol. The molecule has 38 heavy (non-hydrogen) atoms. The standard InChI is InChI=1S/C31H27N3O2S2/c35-28(32-24-16-8-9-17-25(24)36-22-13-5-2-6-14-22)20-37-30-29-23-15-7-10-18-26(23)38-31(29)34-27(33-30)19-21-11-3-1-4-12-21/h1-6,8-9,11-14,16-17H,7,10,15,18-20H2,(H,32,35). The summed E-state index contributed by atoms with van der Waals surface area (Å²) in [6, 6.07) is 27.4. The molecule has 2 heterocycles. The van der Waals surface area contributed by atoms with Gasteiger partial charge in [0.1, 0.15) is 21.4 Å². The Labute approximate surface area is 230 Å². The number of ether oxygens (including phenoxy) is 1. The van der Waals surface area contributed by atoms with Crippen LogP contribution in [0.2, 0.25) is 0 Å². The van der Waals surface area contributed by atoms with Crippen molar-refractivity contribution in [2.75, 3.05) is 11.1 Å². The minimum atomic E-state index is -0.0976. The summed E-state index contributed by atoms with van der Waals surface area (Å²) < 4.78 is 6.01. The second kappa shape index (κ2) is 11.4. The lowest BCUT2D eigenvalue weighted by Gasteiger charge is -2.13. The Bertz CT molecular complexity index is 1570. The molecule has 1 amide bonds. The third-order valence-corrected chi connectivity index (χ3v) is 8.67. The molecule has 2 aromatic heterocycles. The van der Waals surface area contributed by atoms with Crippen LogP contribution in [0.25, 0.3) is 10.2 Å². The predicted molar refractivity (Wildman–Crippen MR) is 156 cm³/mol. The van der Waals surface area contributed by atoms with Gasteiger partial charge in [-0.05, 0) is 61.1 Å². The van der Waals surface area contributed by atoms with Crippen LogP contribution in [0.3, 0.4) is 0 Å². The molecule has 0 atom stereocenters. The van der Waals surface area contributed by atoms with Gasteiger partial charge in [-0.25, -0.2) is 9.97 Å². The Morgan fingerprint density at radius 3 is 2.47 bits per heavy atom. The van der Waals surface area contributed by atoms with Crippen LogP contribution >= 0.6 is 23.1 Å². The van der Waals surface area contributed by atoms with Crippen LogP contribution in [0.4, 0.5) is 5.69 Å². The van der Waals surface area contributed by atoms with Gasteiger partial charge in [-0.2, -0.15) is 0 Å². The quantitative estimate of drug-likeness (QED) is 0.162. The Kier molecular flexibility index (Phi) is 7.38. The number of hydrogen-bond acceptors (Lipinski definition) is 6. The van der Waals surface area contributed by atoms with E-state index in [0.717, 1.165) is 39.7 Å². The van der Waals surface area contributed by atoms with Gasteiger partial charge < -0.3 is 10.1 Å². The first-order valence-corrected chi connectivity index (χ1v) is 14.6. The van der Waals surface area contributed by atoms with Crippen LogP contribution in [0.15, 0.2) is 90.0 Å². The molecule has 7 heteroatoms. The number of anilines is 1. The zero-order chi connectivity index (χ0) is 25.7. The molecule has 0 saturated carbocycles. The Balaban J connectivity index is 1.23. The minimum Gasteiger partial charge on any atom is -0.455 e. The first-order chi connectivity index (χ1) is 18.7. The van der Waals surface area contributed by atoms with E-state index in [9.17, 15) is 4.79 Å². The molecule has 0 bridgehead atoms. The molecular weight excluding hydrogens is 510 g/mol. The normalized spacial score (nSPS) is 12.7. The van der Waals surface area contributed by atoms with Crippen LogP contribution in [0, 0.1) is 0 Å². The fourth-order valence-electron chi connectivity index (χ4n) is 4.72. The summed E-state index contributed by atoms with van der Waals surface area (Å²) in [7, 11) is 0. The van der Waals surface area contributed by atoms with Crippen molar-refractivity contribution >= 4 is 44.9 Å². The number of rotatable bonds is 8. The maximum atomic E-state index is 13.1. The number of benzene rings is 3. The summed E-state index contributed by atoms with van der Waals surface area (Å²) in [4.78, 5) is 25.5. The molecule has 5 aromatic rings. The number of aromatic nitrogens is 2. The average Bonchev–Trinajstić information content (AvgIpc) is 3.32. The van der Waals surface area contributed by atoms with Crippen molar-refractivity contribution in [3.8, 4) is 11.5 Å². The zero-order valence-electron chi connectivity index (χ0n) is 20.9. The summed E-state index contributed by atoms with van der Waals surface area (Å²) in [6.45, 7) is 0. The maximum Gasteiger partial charge on any atom is 0.234 e. The van der Waals surface area contributed by atoms with Gasteiger partial charge in [0.25, 0.3) is 0 Å². The van der Waals surface area contributed by atoms with E-state index in [2.05, 4.69) is 17.4 Å². The largest absolute Gasteiger partial charge is 0.455 e. The van der Waals surface area contributed by atoms with Crippen LogP contribution in [-0.2, 0) is 24.1 Å². The number of para-hydroxylation sites is 3. The third-order valence-electron chi connectivity index (χ3n) is 6.50. The smallest absolute Gasteiger partial charge is 0.234 e. The van der Waals surface area contributed by atoms with Gasteiger partial charge in [0.2, 0.25) is 5.91 Å². The Morgan fingerprint density at radius 1 is 0.895 bits per heavy atom. The van der Waals surface area contributed by atoms with Gasteiger partial charge in [-0.1, -0.05) is 72.4 Å². The second-order valence-electron chi connectivity index (χ2n) is 9.25. The molecule has 3 aromatic carbocycles. The third kappa shape index (κ3) is 5.59. The number of hydrogen-bond donors (Lipinski definition) is 1. The number of amides is 1. The summed E-state index contributed by atoms with van der Waals surface area (Å²) in [5.41, 5.74) is 3.20. The number of carbonyl (C=O) groups is 1. The molecule has 0 unspecified atom stereocenters. The van der Waals surface area contributed by atoms with Crippen LogP contribution in [0.1, 0.15) is 34.7 Å². The van der Waals surface area contributed by atoms with E-state index in [-0.39, 0.29) is 11.7 Å². The van der Waals surface area contributed by atoms with Crippen LogP contribution < -0.4 is 10.1 Å². The lowest BCUT2D eigenvalue weighted by atomic mass is 9.97. The molecule has 1 aliphatic carbocycles. The lowest BCUT2D eigenvalue weighted by Crippen LogP contribution is -2.15. The van der Waals surface area contributed by atoms with Gasteiger partial charge in [0, 0.05) is 16.7 Å². The average molecular weight is 538 g/mol. The number of thiophene rings is 1. The lowest BCUT2D eigenvalue weighted by molar-refractivity contribution is -0.113. The van der Waals surface area contributed by atoms with E-state index in [1.165, 1.54) is 40.6 Å². The first kappa shape index (κ1) is 24.6. The topological polar surface area (TPSA) is 64.1 Å². The highest BCUT2D eigenvalue weighted by molar-refractivity contribution is 8.00. The van der Waals surface area contributed by atoms with Crippen molar-refractivity contribution in [2.24, 2.45) is 0 Å². The molecule has 0 saturated heterocycles. The first-order valence-electron chi connectivity index (χ1n) is 12.8. The number of thioether (sulfide) groups is 1. The summed E-state index contributed by atoms with van der Waals surface area (Å²) in [5.74, 6) is 2.28. The molecule has 0 radical (unpaired) electrons. The van der Waals surface area contributed by atoms with Crippen molar-refractivity contribution in [3.05, 3.63) is 107 Å². The molecular formula is C31H27N3O2S2. The molecule has 1 aliphatic rings. The van der Waals surface area contributed by atoms with Gasteiger partial charge in [0.05, 0.1) is 11.4 Å². The van der Waals surface area contributed by atoms with E-state index >= 15 is 0 Å². The number of aryl methyl sites for hydroxylation is 2. The molecule has 5 nitrogen and oxygen atoms in total. The minimum absolute atomic E-state index is 0.0976. The highest BCUT2D eigenvalue weighted by Crippen LogP contribution is 2.40.